The molecule has 1 fully saturated rings. The van der Waals surface area contributed by atoms with Gasteiger partial charge in [0.1, 0.15) is 0 Å². The lowest BCUT2D eigenvalue weighted by molar-refractivity contribution is -0.143. The molecule has 114 valence electrons. The second-order valence-electron chi connectivity index (χ2n) is 5.59. The third-order valence-corrected chi connectivity index (χ3v) is 4.84. The van der Waals surface area contributed by atoms with Crippen molar-refractivity contribution in [3.05, 3.63) is 70.7 Å². The van der Waals surface area contributed by atoms with Gasteiger partial charge in [0.2, 0.25) is 0 Å². The van der Waals surface area contributed by atoms with Gasteiger partial charge in [-0.2, -0.15) is 0 Å². The maximum absolute atomic E-state index is 12.2. The Morgan fingerprint density at radius 2 is 1.82 bits per heavy atom. The smallest absolute Gasteiger partial charge is 0.310 e. The molecule has 0 aromatic heterocycles. The quantitative estimate of drug-likeness (QED) is 0.881. The largest absolute Gasteiger partial charge is 0.469 e. The van der Waals surface area contributed by atoms with E-state index in [1.807, 2.05) is 42.5 Å². The predicted octanol–water partition coefficient (Wildman–Crippen LogP) is 3.16. The molecule has 3 rings (SSSR count). The summed E-state index contributed by atoms with van der Waals surface area (Å²) in [6, 6.07) is 17.1. The third kappa shape index (κ3) is 2.21. The SMILES string of the molecule is COC(=O)[C@H]1[C@H](c2ccc(Cl)cc2)[C@@]1(CO)c1ccccc1. The fraction of sp³-hybridized carbons (Fsp3) is 0.278. The number of esters is 1. The maximum atomic E-state index is 12.2. The third-order valence-electron chi connectivity index (χ3n) is 4.59. The topological polar surface area (TPSA) is 46.5 Å². The molecule has 1 N–H and O–H groups in total. The van der Waals surface area contributed by atoms with Crippen LogP contribution in [0.25, 0.3) is 0 Å². The Morgan fingerprint density at radius 3 is 2.36 bits per heavy atom. The lowest BCUT2D eigenvalue weighted by atomic mass is 9.90. The zero-order chi connectivity index (χ0) is 15.7. The van der Waals surface area contributed by atoms with Gasteiger partial charge in [0.05, 0.1) is 19.6 Å². The van der Waals surface area contributed by atoms with Crippen LogP contribution in [-0.2, 0) is 14.9 Å². The number of rotatable bonds is 4. The maximum Gasteiger partial charge on any atom is 0.310 e. The lowest BCUT2D eigenvalue weighted by Crippen LogP contribution is -2.20. The van der Waals surface area contributed by atoms with Gasteiger partial charge >= 0.3 is 5.97 Å². The zero-order valence-electron chi connectivity index (χ0n) is 12.2. The van der Waals surface area contributed by atoms with Crippen molar-refractivity contribution in [3.8, 4) is 0 Å². The molecule has 1 aliphatic rings. The molecule has 0 amide bonds. The molecule has 1 aliphatic carbocycles. The van der Waals surface area contributed by atoms with Crippen LogP contribution in [0.2, 0.25) is 5.02 Å². The second-order valence-corrected chi connectivity index (χ2v) is 6.03. The van der Waals surface area contributed by atoms with Crippen molar-refractivity contribution in [2.45, 2.75) is 11.3 Å². The van der Waals surface area contributed by atoms with Crippen molar-refractivity contribution in [1.82, 2.24) is 0 Å². The molecule has 0 spiro atoms. The van der Waals surface area contributed by atoms with E-state index in [2.05, 4.69) is 0 Å². The summed E-state index contributed by atoms with van der Waals surface area (Å²) in [5.41, 5.74) is 1.31. The van der Waals surface area contributed by atoms with Crippen molar-refractivity contribution in [1.29, 1.82) is 0 Å². The van der Waals surface area contributed by atoms with Gasteiger partial charge in [-0.25, -0.2) is 0 Å². The number of carbonyl (C=O) groups is 1. The van der Waals surface area contributed by atoms with Crippen molar-refractivity contribution >= 4 is 17.6 Å². The molecular weight excluding hydrogens is 300 g/mol. The Kier molecular flexibility index (Phi) is 3.94. The number of halogens is 1. The molecule has 0 unspecified atom stereocenters. The molecule has 3 nitrogen and oxygen atoms in total. The molecule has 3 atom stereocenters. The van der Waals surface area contributed by atoms with Gasteiger partial charge in [0, 0.05) is 16.4 Å². The summed E-state index contributed by atoms with van der Waals surface area (Å²) in [6.45, 7) is -0.107. The van der Waals surface area contributed by atoms with Crippen LogP contribution < -0.4 is 0 Å². The van der Waals surface area contributed by atoms with Crippen LogP contribution in [0.15, 0.2) is 54.6 Å². The fourth-order valence-corrected chi connectivity index (χ4v) is 3.59. The normalized spacial score (nSPS) is 26.5. The molecule has 22 heavy (non-hydrogen) atoms. The summed E-state index contributed by atoms with van der Waals surface area (Å²) in [4.78, 5) is 12.2. The van der Waals surface area contributed by atoms with Crippen molar-refractivity contribution in [2.75, 3.05) is 13.7 Å². The van der Waals surface area contributed by atoms with E-state index in [4.69, 9.17) is 16.3 Å². The van der Waals surface area contributed by atoms with Gasteiger partial charge < -0.3 is 9.84 Å². The number of carbonyl (C=O) groups excluding carboxylic acids is 1. The minimum atomic E-state index is -0.623. The first-order valence-corrected chi connectivity index (χ1v) is 7.52. The van der Waals surface area contributed by atoms with Gasteiger partial charge in [-0.15, -0.1) is 0 Å². The number of hydrogen-bond acceptors (Lipinski definition) is 3. The highest BCUT2D eigenvalue weighted by molar-refractivity contribution is 6.30. The summed E-state index contributed by atoms with van der Waals surface area (Å²) in [6.07, 6.45) is 0. The van der Waals surface area contributed by atoms with Crippen molar-refractivity contribution < 1.29 is 14.6 Å². The van der Waals surface area contributed by atoms with E-state index in [0.717, 1.165) is 11.1 Å². The molecule has 1 saturated carbocycles. The zero-order valence-corrected chi connectivity index (χ0v) is 13.0. The number of benzene rings is 2. The minimum Gasteiger partial charge on any atom is -0.469 e. The fourth-order valence-electron chi connectivity index (χ4n) is 3.47. The van der Waals surface area contributed by atoms with Crippen molar-refractivity contribution in [2.24, 2.45) is 5.92 Å². The number of hydrogen-bond donors (Lipinski definition) is 1. The number of ether oxygens (including phenoxy) is 1. The predicted molar refractivity (Wildman–Crippen MR) is 84.9 cm³/mol. The number of methoxy groups -OCH3 is 1. The highest BCUT2D eigenvalue weighted by Crippen LogP contribution is 2.65. The number of aliphatic hydroxyl groups is 1. The van der Waals surface area contributed by atoms with Gasteiger partial charge in [-0.1, -0.05) is 54.1 Å². The van der Waals surface area contributed by atoms with Crippen LogP contribution >= 0.6 is 11.6 Å². The monoisotopic (exact) mass is 316 g/mol. The Balaban J connectivity index is 2.07. The highest BCUT2D eigenvalue weighted by atomic mass is 35.5. The van der Waals surface area contributed by atoms with E-state index >= 15 is 0 Å². The van der Waals surface area contributed by atoms with Gasteiger partial charge in [0.25, 0.3) is 0 Å². The van der Waals surface area contributed by atoms with E-state index < -0.39 is 5.41 Å². The van der Waals surface area contributed by atoms with Crippen LogP contribution in [-0.4, -0.2) is 24.8 Å². The average Bonchev–Trinajstić information content (AvgIpc) is 3.26. The first-order valence-electron chi connectivity index (χ1n) is 7.15. The van der Waals surface area contributed by atoms with Gasteiger partial charge in [-0.3, -0.25) is 4.79 Å². The highest BCUT2D eigenvalue weighted by Gasteiger charge is 2.69. The first-order chi connectivity index (χ1) is 10.6. The molecule has 2 aromatic rings. The van der Waals surface area contributed by atoms with E-state index in [1.54, 1.807) is 12.1 Å². The second kappa shape index (κ2) is 5.75. The molecule has 0 radical (unpaired) electrons. The number of aliphatic hydroxyl groups excluding tert-OH is 1. The van der Waals surface area contributed by atoms with E-state index in [-0.39, 0.29) is 24.4 Å². The summed E-state index contributed by atoms with van der Waals surface area (Å²) < 4.78 is 4.95. The molecule has 0 aliphatic heterocycles. The lowest BCUT2D eigenvalue weighted by Gasteiger charge is -2.15. The van der Waals surface area contributed by atoms with Crippen molar-refractivity contribution in [3.63, 3.8) is 0 Å². The summed E-state index contributed by atoms with van der Waals surface area (Å²) in [7, 11) is 1.38. The summed E-state index contributed by atoms with van der Waals surface area (Å²) in [5, 5.41) is 10.7. The Bertz CT molecular complexity index is 668. The molecule has 0 saturated heterocycles. The van der Waals surface area contributed by atoms with E-state index in [9.17, 15) is 9.90 Å². The standard InChI is InChI=1S/C18H17ClO3/c1-22-17(21)16-15(12-7-9-14(19)10-8-12)18(16,11-20)13-5-3-2-4-6-13/h2-10,15-16,20H,11H2,1H3/t15-,16+,18+/m0/s1. The van der Waals surface area contributed by atoms with Crippen LogP contribution in [0, 0.1) is 5.92 Å². The van der Waals surface area contributed by atoms with E-state index in [0.29, 0.717) is 5.02 Å². The van der Waals surface area contributed by atoms with Gasteiger partial charge in [0.15, 0.2) is 0 Å². The van der Waals surface area contributed by atoms with Crippen LogP contribution in [0.5, 0.6) is 0 Å². The van der Waals surface area contributed by atoms with Gasteiger partial charge in [-0.05, 0) is 23.3 Å². The van der Waals surface area contributed by atoms with E-state index in [1.165, 1.54) is 7.11 Å². The Labute approximate surface area is 134 Å². The average molecular weight is 317 g/mol. The Hall–Kier alpha value is -1.84. The molecule has 2 aromatic carbocycles. The van der Waals surface area contributed by atoms with Crippen LogP contribution in [0.1, 0.15) is 17.0 Å². The van der Waals surface area contributed by atoms with Crippen LogP contribution in [0.3, 0.4) is 0 Å². The first kappa shape index (κ1) is 15.1. The van der Waals surface area contributed by atoms with Crippen LogP contribution in [0.4, 0.5) is 0 Å². The summed E-state index contributed by atoms with van der Waals surface area (Å²) >= 11 is 5.94. The Morgan fingerprint density at radius 1 is 1.18 bits per heavy atom. The molecule has 0 bridgehead atoms. The molecular formula is C18H17ClO3. The molecule has 0 heterocycles. The molecule has 4 heteroatoms. The summed E-state index contributed by atoms with van der Waals surface area (Å²) in [5.74, 6) is -0.784. The minimum absolute atomic E-state index is 0.107.